The molecule has 8 heteroatoms. The minimum Gasteiger partial charge on any atom is -0.330 e. The highest BCUT2D eigenvalue weighted by Gasteiger charge is 2.39. The first-order chi connectivity index (χ1) is 5.69. The van der Waals surface area contributed by atoms with E-state index in [1.165, 1.54) is 0 Å². The maximum absolute atomic E-state index is 11.6. The molecule has 0 aromatic heterocycles. The van der Waals surface area contributed by atoms with Crippen LogP contribution in [-0.2, 0) is 14.5 Å². The van der Waals surface area contributed by atoms with Crippen LogP contribution in [0, 0.1) is 0 Å². The van der Waals surface area contributed by atoms with Crippen LogP contribution in [0.1, 0.15) is 0 Å². The fourth-order valence-corrected chi connectivity index (χ4v) is 1.47. The van der Waals surface area contributed by atoms with Crippen molar-refractivity contribution in [3.63, 3.8) is 0 Å². The number of carbonyl (C=O) groups is 1. The predicted molar refractivity (Wildman–Crippen MR) is 41.5 cm³/mol. The molecule has 4 nitrogen and oxygen atoms in total. The van der Waals surface area contributed by atoms with E-state index >= 15 is 0 Å². The van der Waals surface area contributed by atoms with E-state index in [1.54, 1.807) is 0 Å². The fraction of sp³-hybridized carbons (Fsp3) is 0.800. The Labute approximate surface area is 73.5 Å². The van der Waals surface area contributed by atoms with Gasteiger partial charge in [-0.1, -0.05) is 0 Å². The molecule has 0 saturated heterocycles. The molecule has 78 valence electrons. The quantitative estimate of drug-likeness (QED) is 0.716. The summed E-state index contributed by atoms with van der Waals surface area (Å²) in [6.07, 6.45) is -4.10. The number of nitrogens with two attached hydrogens (primary N) is 1. The van der Waals surface area contributed by atoms with Gasteiger partial charge in [-0.05, 0) is 0 Å². The van der Waals surface area contributed by atoms with Gasteiger partial charge in [0.05, 0.1) is 9.73 Å². The average molecular weight is 218 g/mol. The number of nitrogens with zero attached hydrogens (tertiary/aromatic N) is 1. The standard InChI is InChI=1S/C5H9F3N2O2S/c1-13(12,3-2-9)10-4(11)5(6,7)8/h2-3,9H2,1H3. The van der Waals surface area contributed by atoms with Gasteiger partial charge in [-0.25, -0.2) is 4.21 Å². The fourth-order valence-electron chi connectivity index (χ4n) is 0.491. The lowest BCUT2D eigenvalue weighted by atomic mass is 10.6. The lowest BCUT2D eigenvalue weighted by Gasteiger charge is -2.03. The molecule has 0 fully saturated rings. The Morgan fingerprint density at radius 1 is 1.54 bits per heavy atom. The Morgan fingerprint density at radius 3 is 2.31 bits per heavy atom. The highest BCUT2D eigenvalue weighted by Crippen LogP contribution is 2.17. The SMILES string of the molecule is CS(=O)(CCN)=NC(=O)C(F)(F)F. The van der Waals surface area contributed by atoms with Crippen LogP contribution in [0.4, 0.5) is 13.2 Å². The summed E-state index contributed by atoms with van der Waals surface area (Å²) in [6.45, 7) is -0.0794. The van der Waals surface area contributed by atoms with E-state index in [4.69, 9.17) is 5.73 Å². The van der Waals surface area contributed by atoms with E-state index in [0.717, 1.165) is 6.26 Å². The van der Waals surface area contributed by atoms with Crippen molar-refractivity contribution in [3.05, 3.63) is 0 Å². The summed E-state index contributed by atoms with van der Waals surface area (Å²) in [4.78, 5) is 10.2. The Bertz CT molecular complexity index is 303. The van der Waals surface area contributed by atoms with Crippen molar-refractivity contribution < 1.29 is 22.2 Å². The molecule has 0 spiro atoms. The van der Waals surface area contributed by atoms with Gasteiger partial charge in [-0.2, -0.15) is 17.5 Å². The number of hydrogen-bond donors (Lipinski definition) is 1. The Morgan fingerprint density at radius 2 is 2.00 bits per heavy atom. The summed E-state index contributed by atoms with van der Waals surface area (Å²) in [5.74, 6) is -2.55. The van der Waals surface area contributed by atoms with Crippen molar-refractivity contribution in [2.24, 2.45) is 10.1 Å². The molecular weight excluding hydrogens is 209 g/mol. The summed E-state index contributed by atoms with van der Waals surface area (Å²) in [5.41, 5.74) is 4.97. The monoisotopic (exact) mass is 218 g/mol. The van der Waals surface area contributed by atoms with Gasteiger partial charge in [-0.15, -0.1) is 0 Å². The molecule has 13 heavy (non-hydrogen) atoms. The van der Waals surface area contributed by atoms with Crippen molar-refractivity contribution >= 4 is 15.6 Å². The second-order valence-electron chi connectivity index (χ2n) is 2.35. The third-order valence-corrected chi connectivity index (χ3v) is 2.56. The van der Waals surface area contributed by atoms with Crippen LogP contribution in [0.3, 0.4) is 0 Å². The molecule has 1 atom stereocenters. The summed E-state index contributed by atoms with van der Waals surface area (Å²) >= 11 is 0. The Kier molecular flexibility index (Phi) is 3.86. The van der Waals surface area contributed by atoms with Crippen molar-refractivity contribution in [1.29, 1.82) is 0 Å². The largest absolute Gasteiger partial charge is 0.474 e. The Balaban J connectivity index is 4.76. The molecule has 2 N–H and O–H groups in total. The number of alkyl halides is 3. The lowest BCUT2D eigenvalue weighted by Crippen LogP contribution is -2.23. The van der Waals surface area contributed by atoms with Gasteiger partial charge in [0.1, 0.15) is 0 Å². The normalized spacial score (nSPS) is 16.4. The molecule has 0 rings (SSSR count). The molecule has 0 bridgehead atoms. The number of amides is 1. The number of carbonyl (C=O) groups excluding carboxylic acids is 1. The molecule has 0 aliphatic carbocycles. The van der Waals surface area contributed by atoms with Crippen LogP contribution in [0.15, 0.2) is 4.36 Å². The van der Waals surface area contributed by atoms with Crippen molar-refractivity contribution in [3.8, 4) is 0 Å². The maximum atomic E-state index is 11.6. The molecule has 0 aliphatic heterocycles. The zero-order chi connectivity index (χ0) is 10.7. The summed E-state index contributed by atoms with van der Waals surface area (Å²) in [5, 5.41) is 0. The maximum Gasteiger partial charge on any atom is 0.474 e. The van der Waals surface area contributed by atoms with Crippen LogP contribution in [-0.4, -0.2) is 34.8 Å². The predicted octanol–water partition coefficient (Wildman–Crippen LogP) is 0.132. The third-order valence-electron chi connectivity index (χ3n) is 1.02. The topological polar surface area (TPSA) is 72.5 Å². The zero-order valence-electron chi connectivity index (χ0n) is 6.80. The van der Waals surface area contributed by atoms with Crippen molar-refractivity contribution in [2.45, 2.75) is 6.18 Å². The average Bonchev–Trinajstić information content (AvgIpc) is 1.83. The van der Waals surface area contributed by atoms with Crippen LogP contribution in [0.5, 0.6) is 0 Å². The second-order valence-corrected chi connectivity index (χ2v) is 4.86. The van der Waals surface area contributed by atoms with Crippen LogP contribution >= 0.6 is 0 Å². The van der Waals surface area contributed by atoms with Gasteiger partial charge in [0.25, 0.3) is 0 Å². The zero-order valence-corrected chi connectivity index (χ0v) is 7.61. The molecule has 0 radical (unpaired) electrons. The van der Waals surface area contributed by atoms with E-state index in [-0.39, 0.29) is 12.3 Å². The molecule has 1 unspecified atom stereocenters. The molecular formula is C5H9F3N2O2S. The van der Waals surface area contributed by atoms with Crippen molar-refractivity contribution in [1.82, 2.24) is 0 Å². The van der Waals surface area contributed by atoms with Crippen molar-refractivity contribution in [2.75, 3.05) is 18.6 Å². The summed E-state index contributed by atoms with van der Waals surface area (Å²) in [6, 6.07) is 0. The minimum atomic E-state index is -5.06. The van der Waals surface area contributed by atoms with E-state index in [9.17, 15) is 22.2 Å². The molecule has 0 aliphatic rings. The van der Waals surface area contributed by atoms with E-state index in [0.29, 0.717) is 0 Å². The van der Waals surface area contributed by atoms with Gasteiger partial charge < -0.3 is 5.73 Å². The minimum absolute atomic E-state index is 0.0794. The summed E-state index contributed by atoms with van der Waals surface area (Å²) in [7, 11) is -3.13. The molecule has 0 aromatic carbocycles. The smallest absolute Gasteiger partial charge is 0.330 e. The highest BCUT2D eigenvalue weighted by atomic mass is 32.2. The van der Waals surface area contributed by atoms with Crippen LogP contribution in [0.25, 0.3) is 0 Å². The molecule has 0 heterocycles. The van der Waals surface area contributed by atoms with Gasteiger partial charge in [0, 0.05) is 18.6 Å². The van der Waals surface area contributed by atoms with Crippen LogP contribution in [0.2, 0.25) is 0 Å². The third kappa shape index (κ3) is 4.83. The number of hydrogen-bond acceptors (Lipinski definition) is 3. The summed E-state index contributed by atoms with van der Waals surface area (Å²) < 4.78 is 48.5. The van der Waals surface area contributed by atoms with Crippen LogP contribution < -0.4 is 5.73 Å². The first-order valence-electron chi connectivity index (χ1n) is 3.20. The Hall–Kier alpha value is -0.630. The van der Waals surface area contributed by atoms with Gasteiger partial charge >= 0.3 is 12.1 Å². The van der Waals surface area contributed by atoms with Gasteiger partial charge in [-0.3, -0.25) is 4.79 Å². The lowest BCUT2D eigenvalue weighted by molar-refractivity contribution is -0.169. The number of rotatable bonds is 2. The highest BCUT2D eigenvalue weighted by molar-refractivity contribution is 7.93. The van der Waals surface area contributed by atoms with E-state index in [2.05, 4.69) is 4.36 Å². The number of halogens is 3. The first kappa shape index (κ1) is 12.4. The molecule has 0 aromatic rings. The van der Waals surface area contributed by atoms with E-state index in [1.807, 2.05) is 0 Å². The molecule has 0 saturated carbocycles. The first-order valence-corrected chi connectivity index (χ1v) is 5.29. The van der Waals surface area contributed by atoms with Gasteiger partial charge in [0.2, 0.25) is 0 Å². The van der Waals surface area contributed by atoms with Gasteiger partial charge in [0.15, 0.2) is 0 Å². The molecule has 1 amide bonds. The second kappa shape index (κ2) is 4.05. The van der Waals surface area contributed by atoms with E-state index < -0.39 is 21.8 Å².